The van der Waals surface area contributed by atoms with Crippen LogP contribution in [0.4, 0.5) is 0 Å². The van der Waals surface area contributed by atoms with Gasteiger partial charge in [0.15, 0.2) is 0 Å². The van der Waals surface area contributed by atoms with Gasteiger partial charge in [-0.05, 0) is 52.9 Å². The number of nitrogens with one attached hydrogen (secondary N) is 1. The minimum atomic E-state index is -0.673. The van der Waals surface area contributed by atoms with Gasteiger partial charge in [0.2, 0.25) is 0 Å². The third kappa shape index (κ3) is 5.41. The Morgan fingerprint density at radius 3 is 2.45 bits per heavy atom. The number of ether oxygens (including phenoxy) is 1. The molecular weight excluding hydrogens is 254 g/mol. The lowest BCUT2D eigenvalue weighted by atomic mass is 9.78. The van der Waals surface area contributed by atoms with Crippen molar-refractivity contribution >= 4 is 5.97 Å². The topological polar surface area (TPSA) is 58.6 Å². The molecule has 0 aromatic carbocycles. The van der Waals surface area contributed by atoms with Gasteiger partial charge in [0.05, 0.1) is 18.1 Å². The molecule has 0 aromatic rings. The van der Waals surface area contributed by atoms with E-state index in [0.29, 0.717) is 26.0 Å². The van der Waals surface area contributed by atoms with E-state index < -0.39 is 5.60 Å². The van der Waals surface area contributed by atoms with E-state index in [4.69, 9.17) is 4.74 Å². The summed E-state index contributed by atoms with van der Waals surface area (Å²) in [4.78, 5) is 11.7. The number of hydrogen-bond donors (Lipinski definition) is 2. The molecule has 4 heteroatoms. The Labute approximate surface area is 123 Å². The fourth-order valence-electron chi connectivity index (χ4n) is 2.94. The van der Waals surface area contributed by atoms with Crippen molar-refractivity contribution in [2.75, 3.05) is 13.2 Å². The molecule has 0 unspecified atom stereocenters. The lowest BCUT2D eigenvalue weighted by Gasteiger charge is -2.38. The second-order valence-corrected chi connectivity index (χ2v) is 6.74. The summed E-state index contributed by atoms with van der Waals surface area (Å²) in [7, 11) is 0. The first-order chi connectivity index (χ1) is 9.32. The average molecular weight is 285 g/mol. The van der Waals surface area contributed by atoms with Gasteiger partial charge in [-0.3, -0.25) is 4.79 Å². The summed E-state index contributed by atoms with van der Waals surface area (Å²) in [5.74, 6) is -0.132. The number of hydrogen-bond acceptors (Lipinski definition) is 4. The second-order valence-electron chi connectivity index (χ2n) is 6.74. The molecule has 1 rings (SSSR count). The Morgan fingerprint density at radius 2 is 1.95 bits per heavy atom. The number of carbonyl (C=O) groups excluding carboxylic acids is 1. The van der Waals surface area contributed by atoms with E-state index in [-0.39, 0.29) is 17.4 Å². The molecule has 1 aliphatic carbocycles. The predicted octanol–water partition coefficient (Wildman–Crippen LogP) is 2.64. The monoisotopic (exact) mass is 285 g/mol. The molecule has 1 fully saturated rings. The van der Waals surface area contributed by atoms with E-state index in [1.165, 1.54) is 0 Å². The molecule has 0 spiro atoms. The smallest absolute Gasteiger partial charge is 0.308 e. The number of β-amino-alcohol motifs (C(OH)–C–C–N with tert-alkyl or cyclic N) is 1. The highest BCUT2D eigenvalue weighted by Crippen LogP contribution is 2.33. The van der Waals surface area contributed by atoms with Crippen molar-refractivity contribution in [2.45, 2.75) is 77.4 Å². The van der Waals surface area contributed by atoms with Crippen LogP contribution >= 0.6 is 0 Å². The third-order valence-electron chi connectivity index (χ3n) is 4.31. The van der Waals surface area contributed by atoms with Crippen LogP contribution in [0.15, 0.2) is 0 Å². The Hall–Kier alpha value is -0.610. The summed E-state index contributed by atoms with van der Waals surface area (Å²) in [5, 5.41) is 14.1. The summed E-state index contributed by atoms with van der Waals surface area (Å²) in [6.07, 6.45) is 5.02. The van der Waals surface area contributed by atoms with E-state index >= 15 is 0 Å². The highest BCUT2D eigenvalue weighted by atomic mass is 16.5. The van der Waals surface area contributed by atoms with Gasteiger partial charge in [-0.25, -0.2) is 0 Å². The first-order valence-electron chi connectivity index (χ1n) is 7.96. The molecular formula is C16H31NO3. The summed E-state index contributed by atoms with van der Waals surface area (Å²) < 4.78 is 5.06. The normalized spacial score (nSPS) is 27.4. The SMILES string of the molecule is CCCC(C)(C)NCC1(O)CCC(C(=O)OCC)CC1. The van der Waals surface area contributed by atoms with Crippen LogP contribution in [-0.4, -0.2) is 35.4 Å². The third-order valence-corrected chi connectivity index (χ3v) is 4.31. The van der Waals surface area contributed by atoms with E-state index in [0.717, 1.165) is 25.7 Å². The molecule has 2 N–H and O–H groups in total. The summed E-state index contributed by atoms with van der Waals surface area (Å²) in [6, 6.07) is 0. The molecule has 0 radical (unpaired) electrons. The maximum atomic E-state index is 11.7. The highest BCUT2D eigenvalue weighted by molar-refractivity contribution is 5.72. The predicted molar refractivity (Wildman–Crippen MR) is 80.5 cm³/mol. The van der Waals surface area contributed by atoms with Gasteiger partial charge in [-0.1, -0.05) is 13.3 Å². The van der Waals surface area contributed by atoms with E-state index in [2.05, 4.69) is 26.1 Å². The highest BCUT2D eigenvalue weighted by Gasteiger charge is 2.37. The molecule has 0 aliphatic heterocycles. The van der Waals surface area contributed by atoms with Gasteiger partial charge in [0.1, 0.15) is 0 Å². The first kappa shape index (κ1) is 17.4. The van der Waals surface area contributed by atoms with E-state index in [1.54, 1.807) is 0 Å². The van der Waals surface area contributed by atoms with Crippen LogP contribution in [0.2, 0.25) is 0 Å². The zero-order valence-corrected chi connectivity index (χ0v) is 13.5. The number of esters is 1. The Balaban J connectivity index is 2.40. The Bertz CT molecular complexity index is 307. The fourth-order valence-corrected chi connectivity index (χ4v) is 2.94. The fraction of sp³-hybridized carbons (Fsp3) is 0.938. The zero-order chi connectivity index (χ0) is 15.2. The maximum Gasteiger partial charge on any atom is 0.308 e. The van der Waals surface area contributed by atoms with Crippen molar-refractivity contribution in [2.24, 2.45) is 5.92 Å². The zero-order valence-electron chi connectivity index (χ0n) is 13.5. The molecule has 1 aliphatic rings. The number of carbonyl (C=O) groups is 1. The van der Waals surface area contributed by atoms with Crippen LogP contribution < -0.4 is 5.32 Å². The molecule has 118 valence electrons. The molecule has 0 amide bonds. The first-order valence-corrected chi connectivity index (χ1v) is 7.96. The Kier molecular flexibility index (Phi) is 6.46. The minimum Gasteiger partial charge on any atom is -0.466 e. The van der Waals surface area contributed by atoms with Crippen molar-refractivity contribution in [3.05, 3.63) is 0 Å². The van der Waals surface area contributed by atoms with Crippen LogP contribution in [-0.2, 0) is 9.53 Å². The van der Waals surface area contributed by atoms with Gasteiger partial charge >= 0.3 is 5.97 Å². The van der Waals surface area contributed by atoms with Gasteiger partial charge in [0, 0.05) is 12.1 Å². The van der Waals surface area contributed by atoms with Gasteiger partial charge in [0.25, 0.3) is 0 Å². The van der Waals surface area contributed by atoms with Gasteiger partial charge < -0.3 is 15.2 Å². The lowest BCUT2D eigenvalue weighted by Crippen LogP contribution is -2.50. The van der Waals surface area contributed by atoms with Crippen LogP contribution in [0, 0.1) is 5.92 Å². The van der Waals surface area contributed by atoms with Crippen LogP contribution in [0.1, 0.15) is 66.2 Å². The van der Waals surface area contributed by atoms with Crippen molar-refractivity contribution in [3.63, 3.8) is 0 Å². The molecule has 0 saturated heterocycles. The number of aliphatic hydroxyl groups is 1. The Morgan fingerprint density at radius 1 is 1.35 bits per heavy atom. The molecule has 0 atom stereocenters. The summed E-state index contributed by atoms with van der Waals surface area (Å²) in [6.45, 7) is 9.38. The van der Waals surface area contributed by atoms with Gasteiger partial charge in [-0.15, -0.1) is 0 Å². The minimum absolute atomic E-state index is 0.0288. The van der Waals surface area contributed by atoms with E-state index in [9.17, 15) is 9.90 Å². The molecule has 0 bridgehead atoms. The lowest BCUT2D eigenvalue weighted by molar-refractivity contribution is -0.151. The molecule has 0 aromatic heterocycles. The molecule has 20 heavy (non-hydrogen) atoms. The van der Waals surface area contributed by atoms with Crippen LogP contribution in [0.3, 0.4) is 0 Å². The summed E-state index contributed by atoms with van der Waals surface area (Å²) >= 11 is 0. The molecule has 4 nitrogen and oxygen atoms in total. The van der Waals surface area contributed by atoms with Gasteiger partial charge in [-0.2, -0.15) is 0 Å². The second kappa shape index (κ2) is 7.41. The summed E-state index contributed by atoms with van der Waals surface area (Å²) in [5.41, 5.74) is -0.615. The van der Waals surface area contributed by atoms with Crippen molar-refractivity contribution in [3.8, 4) is 0 Å². The van der Waals surface area contributed by atoms with Crippen molar-refractivity contribution in [1.29, 1.82) is 0 Å². The molecule has 1 saturated carbocycles. The van der Waals surface area contributed by atoms with Crippen molar-refractivity contribution in [1.82, 2.24) is 5.32 Å². The standard InChI is InChI=1S/C16H31NO3/c1-5-9-15(3,4)17-12-16(19)10-7-13(8-11-16)14(18)20-6-2/h13,17,19H,5-12H2,1-4H3. The van der Waals surface area contributed by atoms with Crippen LogP contribution in [0.25, 0.3) is 0 Å². The molecule has 0 heterocycles. The number of rotatable bonds is 7. The average Bonchev–Trinajstić information content (AvgIpc) is 2.38. The van der Waals surface area contributed by atoms with Crippen LogP contribution in [0.5, 0.6) is 0 Å². The largest absolute Gasteiger partial charge is 0.466 e. The maximum absolute atomic E-state index is 11.7. The quantitative estimate of drug-likeness (QED) is 0.706. The van der Waals surface area contributed by atoms with E-state index in [1.807, 2.05) is 6.92 Å². The van der Waals surface area contributed by atoms with Crippen molar-refractivity contribution < 1.29 is 14.6 Å².